The number of thiophene rings is 1. The molecule has 8 aliphatic heterocycles. The number of carbonyl (C=O) groups is 1. The molecule has 129 heavy (non-hydrogen) atoms. The van der Waals surface area contributed by atoms with Crippen LogP contribution in [0.5, 0.6) is 0 Å². The number of aromatic nitrogens is 14. The summed E-state index contributed by atoms with van der Waals surface area (Å²) >= 11 is 1.72. The van der Waals surface area contributed by atoms with Crippen LogP contribution in [-0.4, -0.2) is 247 Å². The van der Waals surface area contributed by atoms with Crippen molar-refractivity contribution in [1.29, 1.82) is 0 Å². The second kappa shape index (κ2) is 36.5. The SMILES string of the molecule is CN1CCN(c2ccc(Nc3ncc4c(n3)C3=C(C4)N=CCC34CCCCC4)nc2)CC1.CN1CCN(c2ccc(Nc3ncc4nn5c(c4n3)C3(CCCCC3)CCC5=O)nc2)CC1.CN1CCN(c2ccc(Nc3ncc4oc5c(c4n3)C3(CC=N5)CCCCC3)nc2)CC1.CN1CCN(c2ccc(Nc3ncc4sc5c(c4n3)C3(CC=N5)CCCCC3)nc2)CC1. The van der Waals surface area contributed by atoms with Crippen molar-refractivity contribution < 1.29 is 9.21 Å². The van der Waals surface area contributed by atoms with Gasteiger partial charge in [-0.05, 0) is 154 Å². The topological polar surface area (TPSA) is 314 Å². The molecule has 13 aliphatic rings. The van der Waals surface area contributed by atoms with Crippen LogP contribution in [0.2, 0.25) is 0 Å². The molecule has 0 aromatic carbocycles. The van der Waals surface area contributed by atoms with E-state index in [0.717, 1.165) is 216 Å². The molecule has 8 fully saturated rings. The Morgan fingerprint density at radius 2 is 0.791 bits per heavy atom. The number of pyridine rings is 4. The highest BCUT2D eigenvalue weighted by Crippen LogP contribution is 2.57. The zero-order valence-corrected chi connectivity index (χ0v) is 75.9. The summed E-state index contributed by atoms with van der Waals surface area (Å²) in [4.78, 5) is 102. The summed E-state index contributed by atoms with van der Waals surface area (Å²) in [5.41, 5.74) is 17.8. The third-order valence-corrected chi connectivity index (χ3v) is 30.9. The van der Waals surface area contributed by atoms with Gasteiger partial charge in [0.1, 0.15) is 44.8 Å². The summed E-state index contributed by atoms with van der Waals surface area (Å²) in [5, 5.41) is 18.9. The first-order valence-electron chi connectivity index (χ1n) is 47.5. The number of piperazine rings is 4. The van der Waals surface area contributed by atoms with Crippen molar-refractivity contribution in [3.63, 3.8) is 0 Å². The molecule has 5 aliphatic carbocycles. The average Bonchev–Trinajstić information content (AvgIpc) is 1.60. The van der Waals surface area contributed by atoms with Gasteiger partial charge in [0.15, 0.2) is 5.58 Å². The second-order valence-electron chi connectivity index (χ2n) is 38.2. The molecular formula is C97H119N29O2S. The maximum atomic E-state index is 12.7. The number of fused-ring (bicyclic) bond motifs is 15. The number of rotatable bonds is 12. The van der Waals surface area contributed by atoms with Crippen molar-refractivity contribution in [2.24, 2.45) is 20.4 Å². The standard InChI is InChI=1S/C25H31N7.C24H30N8O.C24H29N7O.C24H29N7S/c1-31-11-13-32(14-12-31)19-5-6-21(27-17-19)29-24-28-16-18-15-20-22(23(18)30-24)25(9-10-26-20)7-3-2-4-8-25;1-30-11-13-31(14-12-30)17-5-6-19(25-15-17)27-23-26-16-18-21(28-23)22-24(8-3-2-4-9-24)10-7-20(33)32(22)29-18;2*1-30-11-13-31(14-12-30)17-5-6-19(26-15-17)28-23-27-16-18-21(29-23)20-22(32-18)25-10-9-24(20)7-3-2-4-8-24/h5-6,10,16-17H,2-4,7-9,11-15H2,1H3,(H,27,28,29,30);5-6,15-16H,2-4,7-14H2,1H3,(H,25,27,28);2*5-6,10,15-16H,2-4,7-9,11-14H2,1H3,(H,26,27,28,29). The molecule has 670 valence electrons. The molecule has 0 bridgehead atoms. The van der Waals surface area contributed by atoms with E-state index in [2.05, 4.69) is 175 Å². The zero-order chi connectivity index (χ0) is 87.1. The van der Waals surface area contributed by atoms with E-state index in [1.807, 2.05) is 67.7 Å². The number of hydrogen-bond acceptors (Lipinski definition) is 31. The van der Waals surface area contributed by atoms with Crippen LogP contribution in [0, 0.1) is 5.41 Å². The van der Waals surface area contributed by atoms with E-state index in [9.17, 15) is 4.79 Å². The fourth-order valence-corrected chi connectivity index (χ4v) is 23.5. The van der Waals surface area contributed by atoms with E-state index in [4.69, 9.17) is 34.3 Å². The Bertz CT molecular complexity index is 5780. The van der Waals surface area contributed by atoms with Gasteiger partial charge in [-0.2, -0.15) is 5.10 Å². The van der Waals surface area contributed by atoms with Crippen LogP contribution in [0.25, 0.3) is 37.9 Å². The number of nitrogens with zero attached hydrogens (tertiary/aromatic N) is 25. The van der Waals surface area contributed by atoms with Crippen molar-refractivity contribution in [2.75, 3.05) is 174 Å². The number of carbonyl (C=O) groups excluding carboxylic acids is 1. The van der Waals surface area contributed by atoms with Gasteiger partial charge in [-0.3, -0.25) is 9.79 Å². The number of likely N-dealkylation sites (N-methyl/N-ethyl adjacent to an activating group) is 4. The zero-order valence-electron chi connectivity index (χ0n) is 75.1. The summed E-state index contributed by atoms with van der Waals surface area (Å²) in [7, 11) is 8.67. The number of hydrogen-bond donors (Lipinski definition) is 4. The highest BCUT2D eigenvalue weighted by Gasteiger charge is 2.47. The summed E-state index contributed by atoms with van der Waals surface area (Å²) in [5.74, 6) is 6.05. The highest BCUT2D eigenvalue weighted by molar-refractivity contribution is 7.22. The van der Waals surface area contributed by atoms with Crippen molar-refractivity contribution in [2.45, 2.75) is 183 Å². The van der Waals surface area contributed by atoms with E-state index >= 15 is 0 Å². The molecule has 0 amide bonds. The average molecular weight is 1760 g/mol. The molecular weight excluding hydrogens is 1640 g/mol. The maximum Gasteiger partial charge on any atom is 0.247 e. The molecule has 24 rings (SSSR count). The summed E-state index contributed by atoms with van der Waals surface area (Å²) in [6.07, 6.45) is 51.7. The van der Waals surface area contributed by atoms with Crippen LogP contribution in [-0.2, 0) is 22.7 Å². The Labute approximate surface area is 757 Å². The largest absolute Gasteiger partial charge is 0.435 e. The van der Waals surface area contributed by atoms with E-state index < -0.39 is 0 Å². The minimum absolute atomic E-state index is 0.00887. The van der Waals surface area contributed by atoms with Gasteiger partial charge < -0.3 is 64.9 Å². The van der Waals surface area contributed by atoms with Crippen molar-refractivity contribution in [3.05, 3.63) is 132 Å². The summed E-state index contributed by atoms with van der Waals surface area (Å²) < 4.78 is 8.79. The Balaban J connectivity index is 0.000000104. The Kier molecular flexibility index (Phi) is 23.9. The van der Waals surface area contributed by atoms with Gasteiger partial charge in [-0.1, -0.05) is 77.0 Å². The monoisotopic (exact) mass is 1750 g/mol. The maximum absolute atomic E-state index is 12.7. The molecule has 4 N–H and O–H groups in total. The lowest BCUT2D eigenvalue weighted by atomic mass is 9.65. The lowest BCUT2D eigenvalue weighted by Crippen LogP contribution is -2.44. The quantitative estimate of drug-likeness (QED) is 0.0883. The first-order valence-corrected chi connectivity index (χ1v) is 48.3. The fraction of sp³-hybridized carbons (Fsp3) is 0.515. The van der Waals surface area contributed by atoms with Crippen molar-refractivity contribution in [3.8, 4) is 0 Å². The molecule has 19 heterocycles. The first-order chi connectivity index (χ1) is 63.2. The van der Waals surface area contributed by atoms with Gasteiger partial charge in [0, 0.05) is 181 Å². The number of nitrogens with one attached hydrogen (secondary N) is 4. The minimum Gasteiger partial charge on any atom is -0.435 e. The molecule has 4 spiro atoms. The van der Waals surface area contributed by atoms with E-state index in [1.54, 1.807) is 28.4 Å². The molecule has 32 heteroatoms. The molecule has 0 unspecified atom stereocenters. The molecule has 11 aromatic rings. The van der Waals surface area contributed by atoms with Gasteiger partial charge in [0.05, 0.1) is 99.0 Å². The predicted molar refractivity (Wildman–Crippen MR) is 514 cm³/mol. The third-order valence-electron chi connectivity index (χ3n) is 29.9. The van der Waals surface area contributed by atoms with Crippen LogP contribution in [0.1, 0.15) is 193 Å². The number of aliphatic imine (C=N–C) groups is 3. The van der Waals surface area contributed by atoms with E-state index in [0.29, 0.717) is 53.0 Å². The van der Waals surface area contributed by atoms with E-state index in [1.165, 1.54) is 155 Å². The Morgan fingerprint density at radius 1 is 0.380 bits per heavy atom. The second-order valence-corrected chi connectivity index (χ2v) is 39.2. The normalized spacial score (nSPS) is 21.1. The van der Waals surface area contributed by atoms with Crippen LogP contribution < -0.4 is 40.9 Å². The minimum atomic E-state index is 0.00887. The molecule has 11 aromatic heterocycles. The van der Waals surface area contributed by atoms with Gasteiger partial charge >= 0.3 is 0 Å². The molecule has 31 nitrogen and oxygen atoms in total. The van der Waals surface area contributed by atoms with E-state index in [-0.39, 0.29) is 27.6 Å². The van der Waals surface area contributed by atoms with Crippen molar-refractivity contribution in [1.82, 2.24) is 89.2 Å². The molecule has 0 radical (unpaired) electrons. The number of allylic oxidation sites excluding steroid dienone is 2. The predicted octanol–water partition coefficient (Wildman–Crippen LogP) is 16.7. The Morgan fingerprint density at radius 3 is 1.28 bits per heavy atom. The first kappa shape index (κ1) is 84.4. The highest BCUT2D eigenvalue weighted by atomic mass is 32.1. The lowest BCUT2D eigenvalue weighted by molar-refractivity contribution is 0.0811. The molecule has 4 saturated carbocycles. The smallest absolute Gasteiger partial charge is 0.247 e. The van der Waals surface area contributed by atoms with Gasteiger partial charge in [-0.15, -0.1) is 11.3 Å². The Hall–Kier alpha value is -11.5. The van der Waals surface area contributed by atoms with Crippen LogP contribution in [0.4, 0.5) is 80.7 Å². The fourth-order valence-electron chi connectivity index (χ4n) is 22.4. The van der Waals surface area contributed by atoms with Crippen LogP contribution in [0.15, 0.2) is 123 Å². The van der Waals surface area contributed by atoms with Crippen molar-refractivity contribution >= 4 is 155 Å². The summed E-state index contributed by atoms with van der Waals surface area (Å²) in [6.45, 7) is 16.9. The lowest BCUT2D eigenvalue weighted by Gasteiger charge is -2.40. The van der Waals surface area contributed by atoms with Crippen LogP contribution >= 0.6 is 11.3 Å². The van der Waals surface area contributed by atoms with Gasteiger partial charge in [0.2, 0.25) is 35.6 Å². The third kappa shape index (κ3) is 17.5. The van der Waals surface area contributed by atoms with Crippen LogP contribution in [0.3, 0.4) is 0 Å². The van der Waals surface area contributed by atoms with Gasteiger partial charge in [0.25, 0.3) is 0 Å². The summed E-state index contributed by atoms with van der Waals surface area (Å²) in [6, 6.07) is 16.5. The molecule has 0 atom stereocenters. The van der Waals surface area contributed by atoms with Gasteiger partial charge in [-0.25, -0.2) is 74.5 Å². The number of anilines is 12. The number of furan rings is 1. The molecule has 4 saturated heterocycles.